The molecule has 0 aliphatic rings. The highest BCUT2D eigenvalue weighted by Gasteiger charge is 2.19. The molecule has 0 aromatic rings. The van der Waals surface area contributed by atoms with E-state index in [1.807, 2.05) is 0 Å². The third-order valence-corrected chi connectivity index (χ3v) is 4.26. The van der Waals surface area contributed by atoms with Crippen molar-refractivity contribution in [3.8, 4) is 0 Å². The summed E-state index contributed by atoms with van der Waals surface area (Å²) in [6.07, 6.45) is 22.3. The van der Waals surface area contributed by atoms with Gasteiger partial charge in [-0.25, -0.2) is 0 Å². The highest BCUT2D eigenvalue weighted by atomic mass is 16.5. The Morgan fingerprint density at radius 3 is 2.15 bits per heavy atom. The lowest BCUT2D eigenvalue weighted by atomic mass is 10.1. The zero-order chi connectivity index (χ0) is 19.5. The van der Waals surface area contributed by atoms with Gasteiger partial charge in [-0.1, -0.05) is 63.3 Å². The Balaban J connectivity index is 3.38. The molecule has 0 spiro atoms. The molecule has 0 radical (unpaired) electrons. The predicted octanol–water partition coefficient (Wildman–Crippen LogP) is 5.05. The maximum atomic E-state index is 11.6. The lowest BCUT2D eigenvalue weighted by Gasteiger charge is -2.20. The molecule has 4 nitrogen and oxygen atoms in total. The molecule has 0 saturated carbocycles. The van der Waals surface area contributed by atoms with E-state index >= 15 is 0 Å². The number of nitrogens with two attached hydrogens (primary N) is 1. The zero-order valence-electron chi connectivity index (χ0n) is 17.0. The fraction of sp³-hybridized carbons (Fsp3) is 0.773. The molecule has 4 heteroatoms. The largest absolute Gasteiger partial charge is 0.464 e. The SMILES string of the molecule is CCCCC/C=C\C/C=C\CCCCCCCC(=O)OCC(C)(N)CO. The molecule has 1 atom stereocenters. The minimum Gasteiger partial charge on any atom is -0.464 e. The molecule has 0 bridgehead atoms. The fourth-order valence-electron chi connectivity index (χ4n) is 2.44. The molecule has 1 unspecified atom stereocenters. The molecule has 0 aliphatic heterocycles. The van der Waals surface area contributed by atoms with Crippen LogP contribution in [0.4, 0.5) is 0 Å². The average Bonchev–Trinajstić information content (AvgIpc) is 2.63. The van der Waals surface area contributed by atoms with E-state index in [4.69, 9.17) is 15.6 Å². The maximum Gasteiger partial charge on any atom is 0.305 e. The standard InChI is InChI=1S/C22H41NO3/c1-3-4-5-6-7-8-9-10-11-12-13-14-15-16-17-18-21(25)26-20-22(2,23)19-24/h7-8,10-11,24H,3-6,9,12-20,23H2,1-2H3/b8-7-,11-10-. The van der Waals surface area contributed by atoms with Gasteiger partial charge in [-0.3, -0.25) is 4.79 Å². The summed E-state index contributed by atoms with van der Waals surface area (Å²) in [5, 5.41) is 9.00. The van der Waals surface area contributed by atoms with E-state index in [9.17, 15) is 4.79 Å². The molecule has 0 aliphatic carbocycles. The van der Waals surface area contributed by atoms with Crippen LogP contribution < -0.4 is 5.73 Å². The number of esters is 1. The number of hydrogen-bond donors (Lipinski definition) is 2. The van der Waals surface area contributed by atoms with Crippen molar-refractivity contribution in [3.05, 3.63) is 24.3 Å². The maximum absolute atomic E-state index is 11.6. The van der Waals surface area contributed by atoms with E-state index in [-0.39, 0.29) is 19.2 Å². The summed E-state index contributed by atoms with van der Waals surface area (Å²) in [6, 6.07) is 0. The van der Waals surface area contributed by atoms with Crippen molar-refractivity contribution in [1.29, 1.82) is 0 Å². The Labute approximate surface area is 160 Å². The van der Waals surface area contributed by atoms with E-state index in [1.54, 1.807) is 6.92 Å². The van der Waals surface area contributed by atoms with Gasteiger partial charge < -0.3 is 15.6 Å². The van der Waals surface area contributed by atoms with Crippen LogP contribution in [0.3, 0.4) is 0 Å². The summed E-state index contributed by atoms with van der Waals surface area (Å²) in [5.41, 5.74) is 4.87. The molecule has 0 amide bonds. The van der Waals surface area contributed by atoms with Crippen LogP contribution in [0.5, 0.6) is 0 Å². The second kappa shape index (κ2) is 17.3. The van der Waals surface area contributed by atoms with Gasteiger partial charge in [-0.05, 0) is 45.4 Å². The Morgan fingerprint density at radius 1 is 0.962 bits per heavy atom. The summed E-state index contributed by atoms with van der Waals surface area (Å²) >= 11 is 0. The third kappa shape index (κ3) is 17.7. The number of ether oxygens (including phenoxy) is 1. The summed E-state index contributed by atoms with van der Waals surface area (Å²) in [6.45, 7) is 3.78. The quantitative estimate of drug-likeness (QED) is 0.214. The number of aliphatic hydroxyl groups is 1. The topological polar surface area (TPSA) is 72.5 Å². The normalized spacial score (nSPS) is 14.2. The number of unbranched alkanes of at least 4 members (excludes halogenated alkanes) is 8. The van der Waals surface area contributed by atoms with Gasteiger partial charge in [0.2, 0.25) is 0 Å². The summed E-state index contributed by atoms with van der Waals surface area (Å²) in [5.74, 6) is -0.221. The minimum absolute atomic E-state index is 0.0720. The Hall–Kier alpha value is -1.13. The van der Waals surface area contributed by atoms with Crippen LogP contribution in [0.2, 0.25) is 0 Å². The molecular weight excluding hydrogens is 326 g/mol. The molecule has 0 fully saturated rings. The third-order valence-electron chi connectivity index (χ3n) is 4.26. The molecule has 0 heterocycles. The first-order chi connectivity index (χ1) is 12.5. The first-order valence-electron chi connectivity index (χ1n) is 10.4. The van der Waals surface area contributed by atoms with Gasteiger partial charge in [-0.2, -0.15) is 0 Å². The Morgan fingerprint density at radius 2 is 1.54 bits per heavy atom. The van der Waals surface area contributed by atoms with Crippen LogP contribution in [0, 0.1) is 0 Å². The average molecular weight is 368 g/mol. The zero-order valence-corrected chi connectivity index (χ0v) is 17.0. The molecule has 3 N–H and O–H groups in total. The number of carbonyl (C=O) groups excluding carboxylic acids is 1. The number of aliphatic hydroxyl groups excluding tert-OH is 1. The number of rotatable bonds is 17. The van der Waals surface area contributed by atoms with Crippen LogP contribution in [0.1, 0.15) is 90.9 Å². The van der Waals surface area contributed by atoms with Crippen LogP contribution in [-0.4, -0.2) is 29.8 Å². The predicted molar refractivity (Wildman–Crippen MR) is 110 cm³/mol. The molecule has 0 aromatic carbocycles. The highest BCUT2D eigenvalue weighted by molar-refractivity contribution is 5.69. The smallest absolute Gasteiger partial charge is 0.305 e. The van der Waals surface area contributed by atoms with E-state index in [0.29, 0.717) is 6.42 Å². The molecule has 0 aromatic heterocycles. The Kier molecular flexibility index (Phi) is 16.5. The van der Waals surface area contributed by atoms with E-state index in [0.717, 1.165) is 32.1 Å². The molecule has 0 saturated heterocycles. The number of carbonyl (C=O) groups is 1. The van der Waals surface area contributed by atoms with Crippen molar-refractivity contribution in [3.63, 3.8) is 0 Å². The first-order valence-corrected chi connectivity index (χ1v) is 10.4. The Bertz CT molecular complexity index is 389. The molecular formula is C22H41NO3. The molecule has 0 rings (SSSR count). The first kappa shape index (κ1) is 24.9. The summed E-state index contributed by atoms with van der Waals surface area (Å²) in [4.78, 5) is 11.6. The monoisotopic (exact) mass is 367 g/mol. The van der Waals surface area contributed by atoms with Crippen molar-refractivity contribution in [1.82, 2.24) is 0 Å². The van der Waals surface area contributed by atoms with Crippen molar-refractivity contribution in [2.75, 3.05) is 13.2 Å². The highest BCUT2D eigenvalue weighted by Crippen LogP contribution is 2.09. The van der Waals surface area contributed by atoms with Gasteiger partial charge in [0.05, 0.1) is 12.1 Å². The second-order valence-corrected chi connectivity index (χ2v) is 7.45. The van der Waals surface area contributed by atoms with Crippen LogP contribution >= 0.6 is 0 Å². The van der Waals surface area contributed by atoms with Crippen molar-refractivity contribution in [2.24, 2.45) is 5.73 Å². The summed E-state index contributed by atoms with van der Waals surface area (Å²) in [7, 11) is 0. The van der Waals surface area contributed by atoms with Gasteiger partial charge in [0.1, 0.15) is 6.61 Å². The van der Waals surface area contributed by atoms with Gasteiger partial charge in [0, 0.05) is 6.42 Å². The number of allylic oxidation sites excluding steroid dienone is 4. The van der Waals surface area contributed by atoms with Crippen LogP contribution in [0.25, 0.3) is 0 Å². The molecule has 152 valence electrons. The van der Waals surface area contributed by atoms with Crippen molar-refractivity contribution >= 4 is 5.97 Å². The van der Waals surface area contributed by atoms with Crippen LogP contribution in [-0.2, 0) is 9.53 Å². The van der Waals surface area contributed by atoms with Crippen molar-refractivity contribution in [2.45, 2.75) is 96.4 Å². The summed E-state index contributed by atoms with van der Waals surface area (Å²) < 4.78 is 5.08. The number of hydrogen-bond acceptors (Lipinski definition) is 4. The van der Waals surface area contributed by atoms with E-state index in [1.165, 1.54) is 38.5 Å². The molecule has 26 heavy (non-hydrogen) atoms. The lowest BCUT2D eigenvalue weighted by molar-refractivity contribution is -0.145. The lowest BCUT2D eigenvalue weighted by Crippen LogP contribution is -2.45. The van der Waals surface area contributed by atoms with Crippen LogP contribution in [0.15, 0.2) is 24.3 Å². The van der Waals surface area contributed by atoms with Gasteiger partial charge in [0.15, 0.2) is 0 Å². The second-order valence-electron chi connectivity index (χ2n) is 7.45. The van der Waals surface area contributed by atoms with E-state index < -0.39 is 5.54 Å². The van der Waals surface area contributed by atoms with Crippen molar-refractivity contribution < 1.29 is 14.6 Å². The van der Waals surface area contributed by atoms with Gasteiger partial charge in [0.25, 0.3) is 0 Å². The fourth-order valence-corrected chi connectivity index (χ4v) is 2.44. The van der Waals surface area contributed by atoms with E-state index in [2.05, 4.69) is 31.2 Å². The van der Waals surface area contributed by atoms with Gasteiger partial charge >= 0.3 is 5.97 Å². The van der Waals surface area contributed by atoms with Gasteiger partial charge in [-0.15, -0.1) is 0 Å². The minimum atomic E-state index is -0.839.